The van der Waals surface area contributed by atoms with Gasteiger partial charge in [-0.3, -0.25) is 4.98 Å². The molecule has 0 bridgehead atoms. The predicted molar refractivity (Wildman–Crippen MR) is 124 cm³/mol. The molecule has 2 aromatic carbocycles. The van der Waals surface area contributed by atoms with Gasteiger partial charge in [0.15, 0.2) is 0 Å². The van der Waals surface area contributed by atoms with Crippen molar-refractivity contribution < 1.29 is 9.53 Å². The number of nitrogens with zero attached hydrogens (tertiary/aromatic N) is 2. The van der Waals surface area contributed by atoms with Crippen molar-refractivity contribution in [2.75, 3.05) is 13.1 Å². The highest BCUT2D eigenvalue weighted by atomic mass is 16.5. The van der Waals surface area contributed by atoms with E-state index in [1.54, 1.807) is 6.20 Å². The van der Waals surface area contributed by atoms with E-state index in [0.717, 1.165) is 35.4 Å². The zero-order valence-electron chi connectivity index (χ0n) is 18.2. The number of rotatable bonds is 11. The second-order valence-corrected chi connectivity index (χ2v) is 7.50. The zero-order chi connectivity index (χ0) is 21.7. The summed E-state index contributed by atoms with van der Waals surface area (Å²) in [6.07, 6.45) is 4.53. The van der Waals surface area contributed by atoms with Crippen molar-refractivity contribution in [1.82, 2.24) is 15.2 Å². The maximum atomic E-state index is 12.8. The lowest BCUT2D eigenvalue weighted by molar-refractivity contribution is 0.195. The molecule has 0 aliphatic carbocycles. The largest absolute Gasteiger partial charge is 0.489 e. The fraction of sp³-hybridized carbons (Fsp3) is 0.308. The van der Waals surface area contributed by atoms with Gasteiger partial charge >= 0.3 is 6.03 Å². The summed E-state index contributed by atoms with van der Waals surface area (Å²) >= 11 is 0. The van der Waals surface area contributed by atoms with Crippen molar-refractivity contribution in [1.29, 1.82) is 0 Å². The normalized spacial score (nSPS) is 10.5. The van der Waals surface area contributed by atoms with Crippen molar-refractivity contribution in [3.8, 4) is 5.75 Å². The van der Waals surface area contributed by atoms with Gasteiger partial charge in [0.05, 0.1) is 0 Å². The zero-order valence-corrected chi connectivity index (χ0v) is 18.2. The van der Waals surface area contributed by atoms with Gasteiger partial charge in [0.25, 0.3) is 0 Å². The summed E-state index contributed by atoms with van der Waals surface area (Å²) in [5, 5.41) is 3.04. The third-order valence-electron chi connectivity index (χ3n) is 4.98. The maximum absolute atomic E-state index is 12.8. The van der Waals surface area contributed by atoms with Crippen LogP contribution in [0.1, 0.15) is 36.6 Å². The summed E-state index contributed by atoms with van der Waals surface area (Å²) in [4.78, 5) is 19.0. The first kappa shape index (κ1) is 22.3. The number of carbonyl (C=O) groups is 1. The van der Waals surface area contributed by atoms with Gasteiger partial charge in [0, 0.05) is 37.9 Å². The lowest BCUT2D eigenvalue weighted by atomic mass is 10.2. The molecule has 0 fully saturated rings. The van der Waals surface area contributed by atoms with Crippen LogP contribution >= 0.6 is 0 Å². The number of amides is 2. The highest BCUT2D eigenvalue weighted by Gasteiger charge is 2.14. The third kappa shape index (κ3) is 7.78. The molecule has 0 unspecified atom stereocenters. The van der Waals surface area contributed by atoms with E-state index in [9.17, 15) is 4.79 Å². The number of carbonyl (C=O) groups excluding carboxylic acids is 1. The Morgan fingerprint density at radius 2 is 1.81 bits per heavy atom. The van der Waals surface area contributed by atoms with Gasteiger partial charge in [-0.25, -0.2) is 4.79 Å². The van der Waals surface area contributed by atoms with E-state index in [1.807, 2.05) is 77.7 Å². The van der Waals surface area contributed by atoms with Crippen LogP contribution in [-0.2, 0) is 19.6 Å². The topological polar surface area (TPSA) is 54.5 Å². The lowest BCUT2D eigenvalue weighted by Crippen LogP contribution is -2.41. The molecule has 0 saturated heterocycles. The van der Waals surface area contributed by atoms with Crippen LogP contribution in [0.25, 0.3) is 0 Å². The summed E-state index contributed by atoms with van der Waals surface area (Å²) in [7, 11) is 0. The second-order valence-electron chi connectivity index (χ2n) is 7.50. The molecule has 0 aliphatic rings. The Morgan fingerprint density at radius 1 is 1.00 bits per heavy atom. The minimum atomic E-state index is -0.0417. The quantitative estimate of drug-likeness (QED) is 0.436. The monoisotopic (exact) mass is 417 g/mol. The lowest BCUT2D eigenvalue weighted by Gasteiger charge is -2.23. The number of hydrogen-bond acceptors (Lipinski definition) is 3. The molecule has 3 rings (SSSR count). The summed E-state index contributed by atoms with van der Waals surface area (Å²) in [6, 6.07) is 23.9. The maximum Gasteiger partial charge on any atom is 0.317 e. The smallest absolute Gasteiger partial charge is 0.317 e. The van der Waals surface area contributed by atoms with Gasteiger partial charge in [0.2, 0.25) is 0 Å². The van der Waals surface area contributed by atoms with Crippen LogP contribution in [0.5, 0.6) is 5.75 Å². The van der Waals surface area contributed by atoms with E-state index in [4.69, 9.17) is 4.74 Å². The van der Waals surface area contributed by atoms with Crippen LogP contribution in [0.4, 0.5) is 4.79 Å². The molecule has 0 radical (unpaired) electrons. The highest BCUT2D eigenvalue weighted by Crippen LogP contribution is 2.17. The van der Waals surface area contributed by atoms with Crippen LogP contribution < -0.4 is 10.1 Å². The van der Waals surface area contributed by atoms with Crippen LogP contribution in [0.3, 0.4) is 0 Å². The number of benzene rings is 2. The molecule has 5 nitrogen and oxygen atoms in total. The fourth-order valence-electron chi connectivity index (χ4n) is 3.23. The van der Waals surface area contributed by atoms with E-state index in [1.165, 1.54) is 0 Å². The number of aromatic nitrogens is 1. The Balaban J connectivity index is 1.63. The van der Waals surface area contributed by atoms with Crippen LogP contribution in [0.2, 0.25) is 0 Å². The number of unbranched alkanes of at least 4 members (excludes halogenated alkanes) is 1. The van der Waals surface area contributed by atoms with E-state index in [2.05, 4.69) is 17.2 Å². The van der Waals surface area contributed by atoms with Crippen molar-refractivity contribution in [2.24, 2.45) is 0 Å². The summed E-state index contributed by atoms with van der Waals surface area (Å²) in [6.45, 7) is 4.45. The second kappa shape index (κ2) is 12.4. The molecule has 1 N–H and O–H groups in total. The molecule has 0 atom stereocenters. The van der Waals surface area contributed by atoms with Gasteiger partial charge in [0.1, 0.15) is 12.4 Å². The minimum Gasteiger partial charge on any atom is -0.489 e. The first-order chi connectivity index (χ1) is 15.2. The van der Waals surface area contributed by atoms with Gasteiger partial charge in [-0.05, 0) is 41.8 Å². The molecule has 31 heavy (non-hydrogen) atoms. The number of urea groups is 1. The molecular weight excluding hydrogens is 386 g/mol. The molecule has 1 aromatic heterocycles. The molecule has 1 heterocycles. The average Bonchev–Trinajstić information content (AvgIpc) is 2.82. The van der Waals surface area contributed by atoms with Gasteiger partial charge in [-0.15, -0.1) is 0 Å². The highest BCUT2D eigenvalue weighted by molar-refractivity contribution is 5.74. The summed E-state index contributed by atoms with van der Waals surface area (Å²) in [5.74, 6) is 0.803. The Kier molecular flexibility index (Phi) is 8.92. The molecule has 0 aliphatic heterocycles. The van der Waals surface area contributed by atoms with Gasteiger partial charge in [-0.1, -0.05) is 61.9 Å². The molecule has 0 saturated carbocycles. The van der Waals surface area contributed by atoms with Crippen molar-refractivity contribution in [2.45, 2.75) is 39.3 Å². The number of ether oxygens (including phenoxy) is 1. The molecule has 3 aromatic rings. The van der Waals surface area contributed by atoms with Crippen molar-refractivity contribution in [3.05, 3.63) is 95.8 Å². The summed E-state index contributed by atoms with van der Waals surface area (Å²) < 4.78 is 5.95. The van der Waals surface area contributed by atoms with Gasteiger partial charge < -0.3 is 15.0 Å². The van der Waals surface area contributed by atoms with Crippen LogP contribution in [-0.4, -0.2) is 29.0 Å². The van der Waals surface area contributed by atoms with Gasteiger partial charge in [-0.2, -0.15) is 0 Å². The van der Waals surface area contributed by atoms with E-state index in [0.29, 0.717) is 32.7 Å². The molecular formula is C26H31N3O2. The van der Waals surface area contributed by atoms with E-state index >= 15 is 0 Å². The van der Waals surface area contributed by atoms with Crippen molar-refractivity contribution in [3.63, 3.8) is 0 Å². The Morgan fingerprint density at radius 3 is 2.58 bits per heavy atom. The molecule has 162 valence electrons. The van der Waals surface area contributed by atoms with Crippen LogP contribution in [0, 0.1) is 0 Å². The Bertz CT molecular complexity index is 916. The Labute approximate surface area is 185 Å². The number of nitrogens with one attached hydrogen (secondary N) is 1. The average molecular weight is 418 g/mol. The van der Waals surface area contributed by atoms with E-state index in [-0.39, 0.29) is 6.03 Å². The van der Waals surface area contributed by atoms with Crippen molar-refractivity contribution >= 4 is 6.03 Å². The molecule has 0 spiro atoms. The minimum absolute atomic E-state index is 0.0417. The molecule has 2 amide bonds. The van der Waals surface area contributed by atoms with Crippen LogP contribution in [0.15, 0.2) is 79.0 Å². The SMILES string of the molecule is CCCCNC(=O)N(CCc1ccccn1)Cc1cccc(OCc2ccccc2)c1. The standard InChI is InChI=1S/C26H31N3O2/c1-2-3-16-28-26(30)29(18-15-24-13-7-8-17-27-24)20-23-12-9-14-25(19-23)31-21-22-10-5-4-6-11-22/h4-14,17,19H,2-3,15-16,18,20-21H2,1H3,(H,28,30). The fourth-order valence-corrected chi connectivity index (χ4v) is 3.23. The predicted octanol–water partition coefficient (Wildman–Crippen LogP) is 5.22. The Hall–Kier alpha value is -3.34. The molecule has 5 heteroatoms. The number of hydrogen-bond donors (Lipinski definition) is 1. The number of pyridine rings is 1. The first-order valence-corrected chi connectivity index (χ1v) is 10.9. The first-order valence-electron chi connectivity index (χ1n) is 10.9. The van der Waals surface area contributed by atoms with E-state index < -0.39 is 0 Å². The summed E-state index contributed by atoms with van der Waals surface area (Å²) in [5.41, 5.74) is 3.14. The third-order valence-corrected chi connectivity index (χ3v) is 4.98.